The molecule has 2 aliphatic carbocycles. The number of allylic oxidation sites excluding steroid dienone is 1. The first-order valence-electron chi connectivity index (χ1n) is 4.67. The van der Waals surface area contributed by atoms with Crippen LogP contribution in [0.1, 0.15) is 23.5 Å². The molecule has 2 aliphatic rings. The average molecular weight is 187 g/mol. The van der Waals surface area contributed by atoms with Crippen molar-refractivity contribution in [2.24, 2.45) is 0 Å². The molecule has 0 fully saturated rings. The van der Waals surface area contributed by atoms with Gasteiger partial charge in [0.2, 0.25) is 0 Å². The first-order valence-corrected chi connectivity index (χ1v) is 4.67. The molecule has 2 unspecified atom stereocenters. The molecule has 0 radical (unpaired) electrons. The highest BCUT2D eigenvalue weighted by Gasteiger charge is 2.54. The summed E-state index contributed by atoms with van der Waals surface area (Å²) in [4.78, 5) is 10.9. The van der Waals surface area contributed by atoms with Gasteiger partial charge in [-0.15, -0.1) is 0 Å². The van der Waals surface area contributed by atoms with Gasteiger partial charge in [0.25, 0.3) is 5.54 Å². The molecular formula is C11H9NO2. The van der Waals surface area contributed by atoms with Gasteiger partial charge in [-0.25, -0.2) is 0 Å². The molecule has 3 nitrogen and oxygen atoms in total. The van der Waals surface area contributed by atoms with Crippen LogP contribution in [0.15, 0.2) is 36.4 Å². The van der Waals surface area contributed by atoms with Crippen LogP contribution in [0.3, 0.4) is 0 Å². The molecule has 2 atom stereocenters. The summed E-state index contributed by atoms with van der Waals surface area (Å²) in [6.45, 7) is 0. The van der Waals surface area contributed by atoms with E-state index in [4.69, 9.17) is 0 Å². The van der Waals surface area contributed by atoms with E-state index in [9.17, 15) is 10.1 Å². The maximum absolute atomic E-state index is 11.1. The molecule has 0 N–H and O–H groups in total. The van der Waals surface area contributed by atoms with Crippen molar-refractivity contribution in [3.63, 3.8) is 0 Å². The van der Waals surface area contributed by atoms with Gasteiger partial charge in [-0.05, 0) is 11.6 Å². The van der Waals surface area contributed by atoms with Gasteiger partial charge in [0.05, 0.1) is 0 Å². The Bertz CT molecular complexity index is 452. The van der Waals surface area contributed by atoms with Crippen molar-refractivity contribution in [1.29, 1.82) is 0 Å². The third-order valence-corrected chi connectivity index (χ3v) is 3.29. The molecule has 3 heteroatoms. The van der Waals surface area contributed by atoms with Crippen LogP contribution in [0.5, 0.6) is 0 Å². The highest BCUT2D eigenvalue weighted by atomic mass is 16.6. The summed E-state index contributed by atoms with van der Waals surface area (Å²) in [5, 5.41) is 11.1. The number of hydrogen-bond acceptors (Lipinski definition) is 2. The van der Waals surface area contributed by atoms with Crippen molar-refractivity contribution in [3.8, 4) is 0 Å². The van der Waals surface area contributed by atoms with Gasteiger partial charge in [0.15, 0.2) is 0 Å². The third-order valence-electron chi connectivity index (χ3n) is 3.29. The summed E-state index contributed by atoms with van der Waals surface area (Å²) >= 11 is 0. The van der Waals surface area contributed by atoms with Crippen LogP contribution >= 0.6 is 0 Å². The Labute approximate surface area is 81.2 Å². The summed E-state index contributed by atoms with van der Waals surface area (Å²) in [5.41, 5.74) is 1.10. The fourth-order valence-corrected chi connectivity index (χ4v) is 2.61. The first-order chi connectivity index (χ1) is 6.74. The highest BCUT2D eigenvalue weighted by Crippen LogP contribution is 2.52. The molecule has 0 aromatic heterocycles. The van der Waals surface area contributed by atoms with Crippen LogP contribution in [0.25, 0.3) is 0 Å². The Kier molecular flexibility index (Phi) is 1.23. The van der Waals surface area contributed by atoms with E-state index in [0.717, 1.165) is 11.1 Å². The van der Waals surface area contributed by atoms with Crippen molar-refractivity contribution in [2.45, 2.75) is 17.9 Å². The van der Waals surface area contributed by atoms with Crippen LogP contribution in [-0.4, -0.2) is 4.92 Å². The van der Waals surface area contributed by atoms with Crippen LogP contribution in [0.4, 0.5) is 0 Å². The van der Waals surface area contributed by atoms with Gasteiger partial charge in [-0.3, -0.25) is 10.1 Å². The molecule has 0 amide bonds. The standard InChI is InChI=1S/C11H9NO2/c13-12(14)11-6-5-8(7-11)9-3-1-2-4-10(9)11/h1-6,8H,7H2. The van der Waals surface area contributed by atoms with E-state index >= 15 is 0 Å². The topological polar surface area (TPSA) is 43.1 Å². The van der Waals surface area contributed by atoms with Crippen LogP contribution < -0.4 is 0 Å². The molecule has 2 bridgehead atoms. The van der Waals surface area contributed by atoms with E-state index in [0.29, 0.717) is 6.42 Å². The Hall–Kier alpha value is -1.64. The van der Waals surface area contributed by atoms with Gasteiger partial charge < -0.3 is 0 Å². The number of hydrogen-bond donors (Lipinski definition) is 0. The smallest absolute Gasteiger partial charge is 0.263 e. The molecule has 0 saturated heterocycles. The lowest BCUT2D eigenvalue weighted by molar-refractivity contribution is -0.562. The maximum atomic E-state index is 11.1. The van der Waals surface area contributed by atoms with E-state index in [1.807, 2.05) is 30.3 Å². The Morgan fingerprint density at radius 3 is 3.00 bits per heavy atom. The van der Waals surface area contributed by atoms with Gasteiger partial charge in [0, 0.05) is 22.8 Å². The number of rotatable bonds is 1. The minimum atomic E-state index is -0.915. The SMILES string of the molecule is O=[N+]([O-])C12C=CC(C1)c1ccccc12. The number of benzene rings is 1. The van der Waals surface area contributed by atoms with Gasteiger partial charge in [0.1, 0.15) is 0 Å². The van der Waals surface area contributed by atoms with Crippen LogP contribution in [0.2, 0.25) is 0 Å². The molecule has 0 spiro atoms. The molecular weight excluding hydrogens is 178 g/mol. The highest BCUT2D eigenvalue weighted by molar-refractivity contribution is 5.49. The van der Waals surface area contributed by atoms with Gasteiger partial charge in [-0.1, -0.05) is 30.3 Å². The molecule has 0 heterocycles. The van der Waals surface area contributed by atoms with E-state index < -0.39 is 5.54 Å². The quantitative estimate of drug-likeness (QED) is 0.384. The second-order valence-electron chi connectivity index (χ2n) is 3.94. The Morgan fingerprint density at radius 2 is 2.21 bits per heavy atom. The lowest BCUT2D eigenvalue weighted by Crippen LogP contribution is -2.29. The van der Waals surface area contributed by atoms with Crippen molar-refractivity contribution in [1.82, 2.24) is 0 Å². The van der Waals surface area contributed by atoms with Gasteiger partial charge >= 0.3 is 0 Å². The summed E-state index contributed by atoms with van der Waals surface area (Å²) in [6.07, 6.45) is 4.32. The molecule has 70 valence electrons. The van der Waals surface area contributed by atoms with E-state index in [2.05, 4.69) is 0 Å². The van der Waals surface area contributed by atoms with Crippen molar-refractivity contribution in [3.05, 3.63) is 57.7 Å². The lowest BCUT2D eigenvalue weighted by Gasteiger charge is -2.16. The Balaban J connectivity index is 2.28. The molecule has 1 aromatic rings. The summed E-state index contributed by atoms with van der Waals surface area (Å²) in [5.74, 6) is 0.261. The van der Waals surface area contributed by atoms with Gasteiger partial charge in [-0.2, -0.15) is 0 Å². The van der Waals surface area contributed by atoms with Crippen LogP contribution in [-0.2, 0) is 5.54 Å². The maximum Gasteiger partial charge on any atom is 0.266 e. The molecule has 0 aliphatic heterocycles. The second kappa shape index (κ2) is 2.23. The zero-order valence-corrected chi connectivity index (χ0v) is 7.51. The zero-order valence-electron chi connectivity index (χ0n) is 7.51. The summed E-state index contributed by atoms with van der Waals surface area (Å²) in [7, 11) is 0. The monoisotopic (exact) mass is 187 g/mol. The summed E-state index contributed by atoms with van der Waals surface area (Å²) in [6, 6.07) is 7.69. The number of nitrogens with zero attached hydrogens (tertiary/aromatic N) is 1. The summed E-state index contributed by atoms with van der Waals surface area (Å²) < 4.78 is 0. The normalized spacial score (nSPS) is 31.9. The van der Waals surface area contributed by atoms with E-state index in [1.165, 1.54) is 0 Å². The fourth-order valence-electron chi connectivity index (χ4n) is 2.61. The predicted octanol–water partition coefficient (Wildman–Crippen LogP) is 2.22. The van der Waals surface area contributed by atoms with Crippen LogP contribution in [0, 0.1) is 10.1 Å². The first kappa shape index (κ1) is 7.74. The number of nitro groups is 1. The molecule has 1 aromatic carbocycles. The van der Waals surface area contributed by atoms with E-state index in [-0.39, 0.29) is 10.8 Å². The third kappa shape index (κ3) is 0.687. The van der Waals surface area contributed by atoms with E-state index in [1.54, 1.807) is 6.08 Å². The fraction of sp³-hybridized carbons (Fsp3) is 0.273. The molecule has 0 saturated carbocycles. The van der Waals surface area contributed by atoms with Crippen molar-refractivity contribution >= 4 is 0 Å². The molecule has 14 heavy (non-hydrogen) atoms. The Morgan fingerprint density at radius 1 is 1.43 bits per heavy atom. The number of fused-ring (bicyclic) bond motifs is 5. The average Bonchev–Trinajstić information content (AvgIpc) is 2.75. The minimum Gasteiger partial charge on any atom is -0.263 e. The largest absolute Gasteiger partial charge is 0.266 e. The van der Waals surface area contributed by atoms with Crippen molar-refractivity contribution in [2.75, 3.05) is 0 Å². The predicted molar refractivity (Wildman–Crippen MR) is 51.6 cm³/mol. The zero-order chi connectivity index (χ0) is 9.76. The minimum absolute atomic E-state index is 0.157. The lowest BCUT2D eigenvalue weighted by atomic mass is 9.92. The van der Waals surface area contributed by atoms with Crippen molar-refractivity contribution < 1.29 is 4.92 Å². The second-order valence-corrected chi connectivity index (χ2v) is 3.94. The molecule has 3 rings (SSSR count).